The van der Waals surface area contributed by atoms with Gasteiger partial charge in [0.1, 0.15) is 5.75 Å². The highest BCUT2D eigenvalue weighted by molar-refractivity contribution is 5.76. The van der Waals surface area contributed by atoms with Crippen LogP contribution in [0, 0.1) is 0 Å². The Morgan fingerprint density at radius 2 is 2.26 bits per heavy atom. The molecule has 2 unspecified atom stereocenters. The van der Waals surface area contributed by atoms with E-state index in [2.05, 4.69) is 23.6 Å². The summed E-state index contributed by atoms with van der Waals surface area (Å²) in [5, 5.41) is 6.46. The lowest BCUT2D eigenvalue weighted by molar-refractivity contribution is -0.122. The maximum Gasteiger partial charge on any atom is 0.220 e. The van der Waals surface area contributed by atoms with E-state index in [1.165, 1.54) is 5.56 Å². The van der Waals surface area contributed by atoms with Gasteiger partial charge in [0.05, 0.1) is 6.61 Å². The Morgan fingerprint density at radius 3 is 2.95 bits per heavy atom. The van der Waals surface area contributed by atoms with Gasteiger partial charge in [0.25, 0.3) is 0 Å². The molecule has 104 valence electrons. The molecule has 2 N–H and O–H groups in total. The van der Waals surface area contributed by atoms with Crippen molar-refractivity contribution in [3.8, 4) is 5.75 Å². The Labute approximate surface area is 114 Å². The predicted molar refractivity (Wildman–Crippen MR) is 75.2 cm³/mol. The summed E-state index contributed by atoms with van der Waals surface area (Å²) in [5.41, 5.74) is 1.17. The highest BCUT2D eigenvalue weighted by atomic mass is 16.5. The maximum absolute atomic E-state index is 11.1. The predicted octanol–water partition coefficient (Wildman–Crippen LogP) is 2.01. The third-order valence-electron chi connectivity index (χ3n) is 3.44. The van der Waals surface area contributed by atoms with Crippen LogP contribution in [0.4, 0.5) is 0 Å². The smallest absolute Gasteiger partial charge is 0.220 e. The van der Waals surface area contributed by atoms with E-state index >= 15 is 0 Å². The minimum Gasteiger partial charge on any atom is -0.494 e. The molecule has 0 aromatic heterocycles. The quantitative estimate of drug-likeness (QED) is 0.853. The van der Waals surface area contributed by atoms with E-state index in [9.17, 15) is 4.79 Å². The Kier molecular flexibility index (Phi) is 4.80. The second kappa shape index (κ2) is 6.57. The van der Waals surface area contributed by atoms with E-state index in [-0.39, 0.29) is 11.9 Å². The minimum absolute atomic E-state index is 0.153. The fraction of sp³-hybridized carbons (Fsp3) is 0.533. The van der Waals surface area contributed by atoms with E-state index in [0.29, 0.717) is 25.6 Å². The van der Waals surface area contributed by atoms with E-state index in [0.717, 1.165) is 12.2 Å². The van der Waals surface area contributed by atoms with Crippen LogP contribution in [-0.2, 0) is 4.79 Å². The van der Waals surface area contributed by atoms with Crippen molar-refractivity contribution in [2.24, 2.45) is 0 Å². The normalized spacial score (nSPS) is 20.7. The summed E-state index contributed by atoms with van der Waals surface area (Å²) in [4.78, 5) is 11.1. The van der Waals surface area contributed by atoms with Crippen LogP contribution in [0.15, 0.2) is 24.3 Å². The van der Waals surface area contributed by atoms with Crippen LogP contribution in [0.1, 0.15) is 38.3 Å². The van der Waals surface area contributed by atoms with Crippen LogP contribution in [0.3, 0.4) is 0 Å². The lowest BCUT2D eigenvalue weighted by Crippen LogP contribution is -2.46. The first-order chi connectivity index (χ1) is 9.20. The molecule has 1 aromatic carbocycles. The van der Waals surface area contributed by atoms with Gasteiger partial charge >= 0.3 is 0 Å². The first-order valence-electron chi connectivity index (χ1n) is 6.95. The van der Waals surface area contributed by atoms with E-state index < -0.39 is 0 Å². The summed E-state index contributed by atoms with van der Waals surface area (Å²) < 4.78 is 5.65. The molecule has 1 saturated heterocycles. The molecule has 19 heavy (non-hydrogen) atoms. The first-order valence-corrected chi connectivity index (χ1v) is 6.95. The highest BCUT2D eigenvalue weighted by Gasteiger charge is 2.21. The van der Waals surface area contributed by atoms with Gasteiger partial charge < -0.3 is 15.4 Å². The molecule has 0 radical (unpaired) electrons. The Hall–Kier alpha value is -1.55. The van der Waals surface area contributed by atoms with Gasteiger partial charge in [-0.2, -0.15) is 0 Å². The van der Waals surface area contributed by atoms with Crippen LogP contribution in [0.25, 0.3) is 0 Å². The van der Waals surface area contributed by atoms with Gasteiger partial charge in [0, 0.05) is 30.6 Å². The van der Waals surface area contributed by atoms with Gasteiger partial charge in [-0.05, 0) is 26.3 Å². The van der Waals surface area contributed by atoms with Crippen LogP contribution < -0.4 is 15.4 Å². The Bertz CT molecular complexity index is 424. The van der Waals surface area contributed by atoms with E-state index in [4.69, 9.17) is 4.74 Å². The van der Waals surface area contributed by atoms with Crippen molar-refractivity contribution < 1.29 is 9.53 Å². The molecule has 0 spiro atoms. The molecule has 1 aliphatic rings. The van der Waals surface area contributed by atoms with Gasteiger partial charge in [0.2, 0.25) is 5.91 Å². The number of carbonyl (C=O) groups excluding carboxylic acids is 1. The lowest BCUT2D eigenvalue weighted by atomic mass is 10.0. The van der Waals surface area contributed by atoms with Crippen molar-refractivity contribution >= 4 is 5.91 Å². The summed E-state index contributed by atoms with van der Waals surface area (Å²) in [6.45, 7) is 5.50. The average molecular weight is 262 g/mol. The number of rotatable bonds is 5. The van der Waals surface area contributed by atoms with Crippen molar-refractivity contribution in [2.45, 2.75) is 38.8 Å². The average Bonchev–Trinajstić information content (AvgIpc) is 2.42. The van der Waals surface area contributed by atoms with Crippen molar-refractivity contribution in [1.82, 2.24) is 10.6 Å². The second-order valence-electron chi connectivity index (χ2n) is 4.90. The Morgan fingerprint density at radius 1 is 1.47 bits per heavy atom. The summed E-state index contributed by atoms with van der Waals surface area (Å²) in [6.07, 6.45) is 1.50. The fourth-order valence-corrected chi connectivity index (χ4v) is 2.44. The number of amides is 1. The van der Waals surface area contributed by atoms with Gasteiger partial charge in [0.15, 0.2) is 0 Å². The SMILES string of the molecule is CCOc1ccccc1C(C)NC1CCC(=O)NC1. The maximum atomic E-state index is 11.1. The molecule has 2 rings (SSSR count). The summed E-state index contributed by atoms with van der Waals surface area (Å²) in [5.74, 6) is 1.09. The third kappa shape index (κ3) is 3.70. The molecule has 0 saturated carbocycles. The van der Waals surface area contributed by atoms with Crippen molar-refractivity contribution in [3.63, 3.8) is 0 Å². The molecule has 1 fully saturated rings. The van der Waals surface area contributed by atoms with Crippen LogP contribution in [0.2, 0.25) is 0 Å². The zero-order chi connectivity index (χ0) is 13.7. The molecule has 1 aliphatic heterocycles. The topological polar surface area (TPSA) is 50.4 Å². The number of ether oxygens (including phenoxy) is 1. The molecule has 0 bridgehead atoms. The van der Waals surface area contributed by atoms with E-state index in [1.54, 1.807) is 0 Å². The number of hydrogen-bond donors (Lipinski definition) is 2. The van der Waals surface area contributed by atoms with Crippen molar-refractivity contribution in [2.75, 3.05) is 13.2 Å². The number of benzene rings is 1. The molecule has 1 aromatic rings. The zero-order valence-electron chi connectivity index (χ0n) is 11.6. The summed E-state index contributed by atoms with van der Waals surface area (Å²) >= 11 is 0. The Balaban J connectivity index is 1.99. The van der Waals surface area contributed by atoms with Crippen molar-refractivity contribution in [1.29, 1.82) is 0 Å². The number of nitrogens with one attached hydrogen (secondary N) is 2. The van der Waals surface area contributed by atoms with Gasteiger partial charge in [-0.1, -0.05) is 18.2 Å². The standard InChI is InChI=1S/C15H22N2O2/c1-3-19-14-7-5-4-6-13(14)11(2)17-12-8-9-15(18)16-10-12/h4-7,11-12,17H,3,8-10H2,1-2H3,(H,16,18). The minimum atomic E-state index is 0.153. The van der Waals surface area contributed by atoms with Crippen molar-refractivity contribution in [3.05, 3.63) is 29.8 Å². The van der Waals surface area contributed by atoms with Crippen LogP contribution in [0.5, 0.6) is 5.75 Å². The molecule has 1 amide bonds. The third-order valence-corrected chi connectivity index (χ3v) is 3.44. The molecular formula is C15H22N2O2. The highest BCUT2D eigenvalue weighted by Crippen LogP contribution is 2.25. The zero-order valence-corrected chi connectivity index (χ0v) is 11.6. The lowest BCUT2D eigenvalue weighted by Gasteiger charge is -2.28. The van der Waals surface area contributed by atoms with E-state index in [1.807, 2.05) is 25.1 Å². The molecule has 4 heteroatoms. The number of carbonyl (C=O) groups is 1. The first kappa shape index (κ1) is 13.9. The molecule has 0 aliphatic carbocycles. The fourth-order valence-electron chi connectivity index (χ4n) is 2.44. The number of piperidine rings is 1. The second-order valence-corrected chi connectivity index (χ2v) is 4.90. The molecular weight excluding hydrogens is 240 g/mol. The summed E-state index contributed by atoms with van der Waals surface area (Å²) in [6, 6.07) is 8.65. The van der Waals surface area contributed by atoms with Crippen LogP contribution in [-0.4, -0.2) is 25.1 Å². The van der Waals surface area contributed by atoms with Gasteiger partial charge in [-0.15, -0.1) is 0 Å². The van der Waals surface area contributed by atoms with Gasteiger partial charge in [-0.3, -0.25) is 4.79 Å². The molecule has 1 heterocycles. The van der Waals surface area contributed by atoms with Gasteiger partial charge in [-0.25, -0.2) is 0 Å². The number of hydrogen-bond acceptors (Lipinski definition) is 3. The molecule has 4 nitrogen and oxygen atoms in total. The monoisotopic (exact) mass is 262 g/mol. The largest absolute Gasteiger partial charge is 0.494 e. The number of para-hydroxylation sites is 1. The summed E-state index contributed by atoms with van der Waals surface area (Å²) in [7, 11) is 0. The van der Waals surface area contributed by atoms with Crippen LogP contribution >= 0.6 is 0 Å². The molecule has 2 atom stereocenters.